The van der Waals surface area contributed by atoms with Gasteiger partial charge in [-0.3, -0.25) is 9.59 Å². The number of ether oxygens (including phenoxy) is 1. The second-order valence-corrected chi connectivity index (χ2v) is 7.05. The third kappa shape index (κ3) is 3.26. The molecule has 2 aromatic rings. The Kier molecular flexibility index (Phi) is 4.76. The van der Waals surface area contributed by atoms with Crippen LogP contribution < -0.4 is 0 Å². The molecule has 2 aliphatic rings. The number of nitrogens with zero attached hydrogens (tertiary/aromatic N) is 1. The first-order valence-electron chi connectivity index (χ1n) is 8.75. The zero-order valence-corrected chi connectivity index (χ0v) is 15.2. The van der Waals surface area contributed by atoms with E-state index >= 15 is 0 Å². The summed E-state index contributed by atoms with van der Waals surface area (Å²) in [6.45, 7) is 0.945. The summed E-state index contributed by atoms with van der Waals surface area (Å²) in [5, 5.41) is 11.1. The van der Waals surface area contributed by atoms with Crippen LogP contribution in [-0.4, -0.2) is 41.0 Å². The van der Waals surface area contributed by atoms with Gasteiger partial charge in [-0.1, -0.05) is 23.7 Å². The van der Waals surface area contributed by atoms with E-state index < -0.39 is 23.5 Å². The molecule has 0 saturated carbocycles. The Hall–Kier alpha value is -2.57. The number of rotatable bonds is 5. The van der Waals surface area contributed by atoms with Gasteiger partial charge in [0.05, 0.1) is 24.0 Å². The second-order valence-electron chi connectivity index (χ2n) is 6.62. The normalized spacial score (nSPS) is 22.7. The quantitative estimate of drug-likeness (QED) is 0.791. The Bertz CT molecular complexity index is 882. The van der Waals surface area contributed by atoms with Crippen LogP contribution in [0.1, 0.15) is 35.0 Å². The highest BCUT2D eigenvalue weighted by Crippen LogP contribution is 2.40. The molecular weight excluding hydrogens is 370 g/mol. The standard InChI is InChI=1S/C20H18ClNO5/c21-13-7-5-12(6-8-13)17-16(18(23)15-4-2-10-27-15)19(24)20(25)22(17)11-14-3-1-9-26-14/h2,4-8,10,14,17,24H,1,3,9,11H2/t14-,17-/m1/s1. The van der Waals surface area contributed by atoms with E-state index in [0.717, 1.165) is 12.8 Å². The average molecular weight is 388 g/mol. The lowest BCUT2D eigenvalue weighted by molar-refractivity contribution is -0.131. The van der Waals surface area contributed by atoms with Crippen molar-refractivity contribution in [3.8, 4) is 0 Å². The molecular formula is C20H18ClNO5. The predicted molar refractivity (Wildman–Crippen MR) is 97.6 cm³/mol. The van der Waals surface area contributed by atoms with Gasteiger partial charge in [-0.15, -0.1) is 0 Å². The van der Waals surface area contributed by atoms with E-state index in [2.05, 4.69) is 0 Å². The average Bonchev–Trinajstić information content (AvgIpc) is 3.41. The number of amides is 1. The molecule has 1 fully saturated rings. The van der Waals surface area contributed by atoms with Crippen molar-refractivity contribution >= 4 is 23.3 Å². The van der Waals surface area contributed by atoms with E-state index in [1.807, 2.05) is 0 Å². The summed E-state index contributed by atoms with van der Waals surface area (Å²) in [6.07, 6.45) is 3.02. The molecule has 0 unspecified atom stereocenters. The van der Waals surface area contributed by atoms with Crippen LogP contribution in [0.3, 0.4) is 0 Å². The molecule has 1 aromatic heterocycles. The number of ketones is 1. The fourth-order valence-corrected chi connectivity index (χ4v) is 3.74. The number of hydrogen-bond acceptors (Lipinski definition) is 5. The van der Waals surface area contributed by atoms with Gasteiger partial charge in [-0.25, -0.2) is 0 Å². The molecule has 7 heteroatoms. The minimum absolute atomic E-state index is 0.00951. The molecule has 2 atom stereocenters. The van der Waals surface area contributed by atoms with E-state index in [0.29, 0.717) is 23.7 Å². The van der Waals surface area contributed by atoms with E-state index in [1.54, 1.807) is 30.3 Å². The van der Waals surface area contributed by atoms with Crippen molar-refractivity contribution in [1.82, 2.24) is 4.90 Å². The molecule has 27 heavy (non-hydrogen) atoms. The van der Waals surface area contributed by atoms with E-state index in [9.17, 15) is 14.7 Å². The number of furan rings is 1. The Balaban J connectivity index is 1.75. The number of carbonyl (C=O) groups is 2. The van der Waals surface area contributed by atoms with Gasteiger partial charge in [0.2, 0.25) is 5.78 Å². The van der Waals surface area contributed by atoms with E-state index in [4.69, 9.17) is 20.8 Å². The molecule has 1 aromatic carbocycles. The number of carbonyl (C=O) groups excluding carboxylic acids is 2. The van der Waals surface area contributed by atoms with Crippen molar-refractivity contribution in [3.05, 3.63) is 70.3 Å². The summed E-state index contributed by atoms with van der Waals surface area (Å²) < 4.78 is 10.8. The lowest BCUT2D eigenvalue weighted by atomic mass is 9.95. The molecule has 3 heterocycles. The lowest BCUT2D eigenvalue weighted by Crippen LogP contribution is -2.37. The molecule has 1 N–H and O–H groups in total. The zero-order valence-electron chi connectivity index (χ0n) is 14.4. The first-order valence-corrected chi connectivity index (χ1v) is 9.13. The zero-order chi connectivity index (χ0) is 19.0. The van der Waals surface area contributed by atoms with Crippen LogP contribution in [-0.2, 0) is 9.53 Å². The fourth-order valence-electron chi connectivity index (χ4n) is 3.61. The summed E-state index contributed by atoms with van der Waals surface area (Å²) in [7, 11) is 0. The minimum Gasteiger partial charge on any atom is -0.503 e. The second kappa shape index (κ2) is 7.21. The summed E-state index contributed by atoms with van der Waals surface area (Å²) in [6, 6.07) is 9.24. The number of benzene rings is 1. The predicted octanol–water partition coefficient (Wildman–Crippen LogP) is 3.69. The molecule has 0 bridgehead atoms. The summed E-state index contributed by atoms with van der Waals surface area (Å²) in [5.74, 6) is -1.57. The Morgan fingerprint density at radius 1 is 1.26 bits per heavy atom. The number of aliphatic hydroxyl groups is 1. The first-order chi connectivity index (χ1) is 13.1. The Morgan fingerprint density at radius 3 is 2.67 bits per heavy atom. The van der Waals surface area contributed by atoms with Gasteiger partial charge in [0.15, 0.2) is 11.5 Å². The molecule has 6 nitrogen and oxygen atoms in total. The maximum absolute atomic E-state index is 12.9. The molecule has 1 amide bonds. The summed E-state index contributed by atoms with van der Waals surface area (Å²) >= 11 is 5.99. The Morgan fingerprint density at radius 2 is 2.04 bits per heavy atom. The van der Waals surface area contributed by atoms with Crippen molar-refractivity contribution in [2.45, 2.75) is 25.0 Å². The maximum Gasteiger partial charge on any atom is 0.290 e. The SMILES string of the molecule is O=C(C1=C(O)C(=O)N(C[C@H]2CCCO2)[C@@H]1c1ccc(Cl)cc1)c1ccco1. The van der Waals surface area contributed by atoms with Gasteiger partial charge in [0.25, 0.3) is 5.91 Å². The lowest BCUT2D eigenvalue weighted by Gasteiger charge is -2.28. The Labute approximate surface area is 161 Å². The molecule has 140 valence electrons. The van der Waals surface area contributed by atoms with Gasteiger partial charge in [0.1, 0.15) is 0 Å². The van der Waals surface area contributed by atoms with Gasteiger partial charge in [-0.05, 0) is 42.7 Å². The molecule has 2 aliphatic heterocycles. The number of hydrogen-bond donors (Lipinski definition) is 1. The smallest absolute Gasteiger partial charge is 0.290 e. The van der Waals surface area contributed by atoms with Crippen molar-refractivity contribution in [1.29, 1.82) is 0 Å². The number of aliphatic hydroxyl groups excluding tert-OH is 1. The molecule has 0 aliphatic carbocycles. The maximum atomic E-state index is 12.9. The third-order valence-corrected chi connectivity index (χ3v) is 5.16. The van der Waals surface area contributed by atoms with Crippen molar-refractivity contribution in [2.24, 2.45) is 0 Å². The molecule has 0 spiro atoms. The molecule has 0 radical (unpaired) electrons. The van der Waals surface area contributed by atoms with E-state index in [1.165, 1.54) is 17.2 Å². The van der Waals surface area contributed by atoms with Crippen molar-refractivity contribution in [2.75, 3.05) is 13.2 Å². The van der Waals surface area contributed by atoms with Crippen LogP contribution in [0.4, 0.5) is 0 Å². The van der Waals surface area contributed by atoms with E-state index in [-0.39, 0.29) is 17.4 Å². The van der Waals surface area contributed by atoms with Crippen LogP contribution in [0.15, 0.2) is 58.4 Å². The monoisotopic (exact) mass is 387 g/mol. The van der Waals surface area contributed by atoms with Gasteiger partial charge >= 0.3 is 0 Å². The van der Waals surface area contributed by atoms with Crippen molar-refractivity contribution < 1.29 is 23.8 Å². The molecule has 4 rings (SSSR count). The minimum atomic E-state index is -0.725. The summed E-state index contributed by atoms with van der Waals surface area (Å²) in [4.78, 5) is 27.2. The fraction of sp³-hybridized carbons (Fsp3) is 0.300. The van der Waals surface area contributed by atoms with Crippen LogP contribution in [0.2, 0.25) is 5.02 Å². The van der Waals surface area contributed by atoms with Crippen LogP contribution in [0.25, 0.3) is 0 Å². The van der Waals surface area contributed by atoms with Crippen LogP contribution in [0, 0.1) is 0 Å². The topological polar surface area (TPSA) is 80.0 Å². The van der Waals surface area contributed by atoms with Gasteiger partial charge in [0, 0.05) is 18.2 Å². The van der Waals surface area contributed by atoms with Crippen LogP contribution >= 0.6 is 11.6 Å². The first kappa shape index (κ1) is 17.8. The van der Waals surface area contributed by atoms with Crippen molar-refractivity contribution in [3.63, 3.8) is 0 Å². The number of Topliss-reactive ketones (excluding diaryl/α,β-unsaturated/α-hetero) is 1. The highest BCUT2D eigenvalue weighted by molar-refractivity contribution is 6.30. The third-order valence-electron chi connectivity index (χ3n) is 4.90. The van der Waals surface area contributed by atoms with Crippen LogP contribution in [0.5, 0.6) is 0 Å². The van der Waals surface area contributed by atoms with Gasteiger partial charge < -0.3 is 19.2 Å². The number of halogens is 1. The molecule has 1 saturated heterocycles. The highest BCUT2D eigenvalue weighted by Gasteiger charge is 2.45. The summed E-state index contributed by atoms with van der Waals surface area (Å²) in [5.41, 5.74) is 0.694. The highest BCUT2D eigenvalue weighted by atomic mass is 35.5. The van der Waals surface area contributed by atoms with Gasteiger partial charge in [-0.2, -0.15) is 0 Å². The largest absolute Gasteiger partial charge is 0.503 e.